The molecule has 27 heavy (non-hydrogen) atoms. The van der Waals surface area contributed by atoms with Gasteiger partial charge in [0.2, 0.25) is 0 Å². The first kappa shape index (κ1) is 20.4. The van der Waals surface area contributed by atoms with Crippen LogP contribution in [0.5, 0.6) is 11.5 Å². The lowest BCUT2D eigenvalue weighted by Gasteiger charge is -2.24. The highest BCUT2D eigenvalue weighted by atomic mass is 35.5. The molecule has 2 unspecified atom stereocenters. The first-order valence-corrected chi connectivity index (χ1v) is 10.7. The number of nitrogens with one attached hydrogen (secondary N) is 1. The number of hydrogen-bond acceptors (Lipinski definition) is 4. The zero-order valence-electron chi connectivity index (χ0n) is 14.7. The highest BCUT2D eigenvalue weighted by Gasteiger charge is 2.35. The molecule has 6 nitrogen and oxygen atoms in total. The van der Waals surface area contributed by atoms with E-state index in [9.17, 15) is 13.5 Å². The molecular formula is C18H21Cl2N2O4S+. The number of piperazine rings is 1. The Bertz CT molecular complexity index is 909. The summed E-state index contributed by atoms with van der Waals surface area (Å²) >= 11 is 12.0. The van der Waals surface area contributed by atoms with Gasteiger partial charge in [-0.3, -0.25) is 0 Å². The van der Waals surface area contributed by atoms with Crippen LogP contribution in [0.25, 0.3) is 0 Å². The molecule has 1 aliphatic rings. The summed E-state index contributed by atoms with van der Waals surface area (Å²) in [5.74, 6) is 0.567. The normalized spacial score (nSPS) is 18.7. The minimum absolute atomic E-state index is 0.110. The van der Waals surface area contributed by atoms with Crippen molar-refractivity contribution in [2.75, 3.05) is 26.2 Å². The van der Waals surface area contributed by atoms with Gasteiger partial charge in [-0.1, -0.05) is 29.3 Å². The number of rotatable bonds is 5. The summed E-state index contributed by atoms with van der Waals surface area (Å²) in [5.41, 5.74) is 0.526. The van der Waals surface area contributed by atoms with Gasteiger partial charge in [0, 0.05) is 36.2 Å². The molecule has 3 N–H and O–H groups in total. The smallest absolute Gasteiger partial charge is 0.379 e. The maximum absolute atomic E-state index is 13.3. The van der Waals surface area contributed by atoms with Crippen molar-refractivity contribution in [2.45, 2.75) is 17.9 Å². The highest BCUT2D eigenvalue weighted by molar-refractivity contribution is 7.89. The molecule has 0 bridgehead atoms. The van der Waals surface area contributed by atoms with E-state index < -0.39 is 16.1 Å². The fourth-order valence-electron chi connectivity index (χ4n) is 2.82. The average molecular weight is 432 g/mol. The van der Waals surface area contributed by atoms with Gasteiger partial charge in [0.1, 0.15) is 5.75 Å². The fourth-order valence-corrected chi connectivity index (χ4v) is 4.95. The number of aliphatic hydroxyl groups excluding tert-OH is 1. The van der Waals surface area contributed by atoms with Crippen LogP contribution in [0.3, 0.4) is 0 Å². The van der Waals surface area contributed by atoms with Crippen molar-refractivity contribution in [3.8, 4) is 11.5 Å². The van der Waals surface area contributed by atoms with Gasteiger partial charge in [0.05, 0.1) is 6.10 Å². The Hall–Kier alpha value is -1.35. The SMILES string of the molecule is CC(O)c1ccc(Oc2cc(Cl)cc(Cl)c2)c(S(=O)(=[OH+])N2CCNCC2)c1. The van der Waals surface area contributed by atoms with Crippen LogP contribution >= 0.6 is 23.2 Å². The minimum Gasteiger partial charge on any atom is -0.456 e. The Balaban J connectivity index is 2.05. The summed E-state index contributed by atoms with van der Waals surface area (Å²) in [7, 11) is -3.55. The van der Waals surface area contributed by atoms with Gasteiger partial charge in [0.15, 0.2) is 10.6 Å². The Kier molecular flexibility index (Phi) is 6.30. The topological polar surface area (TPSA) is 83.2 Å². The molecule has 2 atom stereocenters. The van der Waals surface area contributed by atoms with Crippen LogP contribution in [0.15, 0.2) is 41.3 Å². The van der Waals surface area contributed by atoms with Crippen molar-refractivity contribution in [2.24, 2.45) is 0 Å². The molecular weight excluding hydrogens is 411 g/mol. The monoisotopic (exact) mass is 431 g/mol. The van der Waals surface area contributed by atoms with E-state index in [1.54, 1.807) is 37.3 Å². The van der Waals surface area contributed by atoms with Crippen LogP contribution in [0, 0.1) is 0 Å². The van der Waals surface area contributed by atoms with Crippen molar-refractivity contribution in [3.05, 3.63) is 52.0 Å². The summed E-state index contributed by atoms with van der Waals surface area (Å²) in [6.45, 7) is 3.69. The van der Waals surface area contributed by atoms with Gasteiger partial charge in [-0.05, 0) is 42.8 Å². The molecule has 1 fully saturated rings. The molecule has 0 aromatic heterocycles. The predicted molar refractivity (Wildman–Crippen MR) is 106 cm³/mol. The average Bonchev–Trinajstić information content (AvgIpc) is 2.61. The Morgan fingerprint density at radius 2 is 1.81 bits per heavy atom. The van der Waals surface area contributed by atoms with E-state index >= 15 is 0 Å². The second kappa shape index (κ2) is 8.34. The molecule has 0 amide bonds. The summed E-state index contributed by atoms with van der Waals surface area (Å²) in [6, 6.07) is 9.46. The molecule has 0 saturated carbocycles. The van der Waals surface area contributed by atoms with E-state index in [4.69, 9.17) is 27.9 Å². The van der Waals surface area contributed by atoms with Crippen LogP contribution in [0.1, 0.15) is 18.6 Å². The van der Waals surface area contributed by atoms with E-state index in [0.29, 0.717) is 47.5 Å². The quantitative estimate of drug-likeness (QED) is 0.708. The van der Waals surface area contributed by atoms with Crippen LogP contribution in [0.4, 0.5) is 0 Å². The number of hydrogen-bond donors (Lipinski definition) is 2. The predicted octanol–water partition coefficient (Wildman–Crippen LogP) is 3.59. The summed E-state index contributed by atoms with van der Waals surface area (Å²) in [5, 5.41) is 13.8. The molecule has 1 aliphatic heterocycles. The van der Waals surface area contributed by atoms with E-state index in [2.05, 4.69) is 5.32 Å². The van der Waals surface area contributed by atoms with Gasteiger partial charge < -0.3 is 15.2 Å². The first-order chi connectivity index (χ1) is 12.8. The van der Waals surface area contributed by atoms with E-state index in [0.717, 1.165) is 0 Å². The van der Waals surface area contributed by atoms with Crippen molar-refractivity contribution in [1.82, 2.24) is 9.62 Å². The maximum Gasteiger partial charge on any atom is 0.379 e. The molecule has 2 aromatic carbocycles. The molecule has 146 valence electrons. The van der Waals surface area contributed by atoms with E-state index in [1.165, 1.54) is 10.4 Å². The van der Waals surface area contributed by atoms with Gasteiger partial charge in [-0.25, -0.2) is 4.21 Å². The maximum atomic E-state index is 13.3. The molecule has 0 spiro atoms. The van der Waals surface area contributed by atoms with Gasteiger partial charge in [-0.15, -0.1) is 0 Å². The fraction of sp³-hybridized carbons (Fsp3) is 0.333. The van der Waals surface area contributed by atoms with Crippen molar-refractivity contribution < 1.29 is 18.3 Å². The van der Waals surface area contributed by atoms with Crippen LogP contribution in [-0.2, 0) is 10.0 Å². The van der Waals surface area contributed by atoms with E-state index in [1.807, 2.05) is 0 Å². The van der Waals surface area contributed by atoms with Crippen molar-refractivity contribution in [3.63, 3.8) is 0 Å². The standard InChI is InChI=1S/C18H20Cl2N2O4S/c1-12(23)13-2-3-17(26-16-10-14(19)9-15(20)11-16)18(8-13)27(24,25)22-6-4-21-5-7-22/h2-3,8-12,21,23H,4-7H2,1H3/p+1. The molecule has 0 aliphatic carbocycles. The van der Waals surface area contributed by atoms with Gasteiger partial charge >= 0.3 is 10.0 Å². The largest absolute Gasteiger partial charge is 0.456 e. The molecule has 1 heterocycles. The summed E-state index contributed by atoms with van der Waals surface area (Å²) < 4.78 is 31.6. The Morgan fingerprint density at radius 3 is 2.41 bits per heavy atom. The lowest BCUT2D eigenvalue weighted by molar-refractivity contribution is 0.199. The number of halogens is 2. The third kappa shape index (κ3) is 4.74. The number of ether oxygens (including phenoxy) is 1. The zero-order valence-corrected chi connectivity index (χ0v) is 17.0. The summed E-state index contributed by atoms with van der Waals surface area (Å²) in [4.78, 5) is 0.110. The molecule has 0 radical (unpaired) electrons. The second-order valence-electron chi connectivity index (χ2n) is 6.27. The minimum atomic E-state index is -3.55. The third-order valence-corrected chi connectivity index (χ3v) is 6.62. The van der Waals surface area contributed by atoms with Gasteiger partial charge in [-0.2, -0.15) is 8.51 Å². The van der Waals surface area contributed by atoms with Gasteiger partial charge in [0.25, 0.3) is 0 Å². The number of aliphatic hydroxyl groups is 1. The summed E-state index contributed by atoms with van der Waals surface area (Å²) in [6.07, 6.45) is -0.781. The molecule has 1 saturated heterocycles. The molecule has 2 aromatic rings. The number of benzene rings is 2. The molecule has 9 heteroatoms. The third-order valence-electron chi connectivity index (χ3n) is 4.23. The highest BCUT2D eigenvalue weighted by Crippen LogP contribution is 2.35. The number of nitrogens with zero attached hydrogens (tertiary/aromatic N) is 1. The lowest BCUT2D eigenvalue weighted by Crippen LogP contribution is -2.46. The zero-order chi connectivity index (χ0) is 19.6. The van der Waals surface area contributed by atoms with Crippen LogP contribution in [-0.4, -0.2) is 44.0 Å². The van der Waals surface area contributed by atoms with Crippen LogP contribution < -0.4 is 10.1 Å². The first-order valence-electron chi connectivity index (χ1n) is 8.46. The molecule has 3 rings (SSSR count). The Labute approximate surface area is 168 Å². The Morgan fingerprint density at radius 1 is 1.19 bits per heavy atom. The van der Waals surface area contributed by atoms with Crippen molar-refractivity contribution in [1.29, 1.82) is 0 Å². The second-order valence-corrected chi connectivity index (χ2v) is 9.09. The lowest BCUT2D eigenvalue weighted by atomic mass is 10.1. The van der Waals surface area contributed by atoms with E-state index in [-0.39, 0.29) is 10.6 Å². The van der Waals surface area contributed by atoms with Crippen molar-refractivity contribution >= 4 is 33.2 Å². The van der Waals surface area contributed by atoms with Crippen LogP contribution in [0.2, 0.25) is 10.0 Å².